The van der Waals surface area contributed by atoms with Gasteiger partial charge in [-0.05, 0) is 42.3 Å². The van der Waals surface area contributed by atoms with Crippen LogP contribution in [0.5, 0.6) is 0 Å². The van der Waals surface area contributed by atoms with E-state index < -0.39 is 17.6 Å². The van der Waals surface area contributed by atoms with Crippen LogP contribution in [0.3, 0.4) is 0 Å². The molecule has 0 aliphatic heterocycles. The Hall–Kier alpha value is -3.42. The Kier molecular flexibility index (Phi) is 5.58. The lowest BCUT2D eigenvalue weighted by atomic mass is 10.1. The number of alkyl halides is 3. The minimum atomic E-state index is -4.42. The molecule has 0 saturated heterocycles. The number of hydrogen-bond donors (Lipinski definition) is 2. The molecule has 5 nitrogen and oxygen atoms in total. The normalized spacial score (nSPS) is 11.1. The zero-order valence-corrected chi connectivity index (χ0v) is 14.9. The van der Waals surface area contributed by atoms with Crippen LogP contribution in [0.15, 0.2) is 60.9 Å². The third kappa shape index (κ3) is 4.64. The van der Waals surface area contributed by atoms with Crippen molar-refractivity contribution in [2.24, 2.45) is 0 Å². The summed E-state index contributed by atoms with van der Waals surface area (Å²) in [6.45, 7) is 2.04. The molecule has 2 aromatic carbocycles. The minimum Gasteiger partial charge on any atom is -0.339 e. The van der Waals surface area contributed by atoms with Gasteiger partial charge in [0.05, 0.1) is 18.0 Å². The SMILES string of the molecule is CCc1ccccc1Nc1cnc(C(=O)Nc2ccc(C(F)(F)F)cc2)cn1. The van der Waals surface area contributed by atoms with Crippen LogP contribution in [0.1, 0.15) is 28.5 Å². The monoisotopic (exact) mass is 386 g/mol. The summed E-state index contributed by atoms with van der Waals surface area (Å²) in [6, 6.07) is 12.0. The predicted octanol–water partition coefficient (Wildman–Crippen LogP) is 5.05. The first kappa shape index (κ1) is 19.3. The Balaban J connectivity index is 1.67. The first-order valence-electron chi connectivity index (χ1n) is 8.52. The summed E-state index contributed by atoms with van der Waals surface area (Å²) in [5.74, 6) is -0.0836. The van der Waals surface area contributed by atoms with E-state index in [0.29, 0.717) is 5.82 Å². The fraction of sp³-hybridized carbons (Fsp3) is 0.150. The van der Waals surface area contributed by atoms with Gasteiger partial charge in [0.1, 0.15) is 11.5 Å². The molecule has 0 bridgehead atoms. The van der Waals surface area contributed by atoms with Gasteiger partial charge in [-0.1, -0.05) is 25.1 Å². The molecule has 8 heteroatoms. The summed E-state index contributed by atoms with van der Waals surface area (Å²) in [6.07, 6.45) is -0.845. The minimum absolute atomic E-state index is 0.0502. The number of nitrogens with zero attached hydrogens (tertiary/aromatic N) is 2. The number of aromatic nitrogens is 2. The fourth-order valence-electron chi connectivity index (χ4n) is 2.54. The quantitative estimate of drug-likeness (QED) is 0.644. The molecule has 28 heavy (non-hydrogen) atoms. The number of rotatable bonds is 5. The molecule has 0 atom stereocenters. The van der Waals surface area contributed by atoms with E-state index in [0.717, 1.165) is 29.8 Å². The van der Waals surface area contributed by atoms with E-state index in [1.165, 1.54) is 24.5 Å². The Morgan fingerprint density at radius 3 is 2.32 bits per heavy atom. The highest BCUT2D eigenvalue weighted by Crippen LogP contribution is 2.29. The highest BCUT2D eigenvalue weighted by Gasteiger charge is 2.30. The highest BCUT2D eigenvalue weighted by molar-refractivity contribution is 6.02. The van der Waals surface area contributed by atoms with Crippen LogP contribution in [0.4, 0.5) is 30.4 Å². The molecule has 0 radical (unpaired) electrons. The molecule has 0 aliphatic carbocycles. The summed E-state index contributed by atoms with van der Waals surface area (Å²) in [5, 5.41) is 5.64. The van der Waals surface area contributed by atoms with Crippen LogP contribution >= 0.6 is 0 Å². The zero-order valence-electron chi connectivity index (χ0n) is 14.9. The number of carbonyl (C=O) groups excluding carboxylic acids is 1. The number of aryl methyl sites for hydroxylation is 1. The lowest BCUT2D eigenvalue weighted by Crippen LogP contribution is -2.14. The molecule has 1 heterocycles. The van der Waals surface area contributed by atoms with Gasteiger partial charge in [0, 0.05) is 11.4 Å². The van der Waals surface area contributed by atoms with Gasteiger partial charge >= 0.3 is 6.18 Å². The van der Waals surface area contributed by atoms with Crippen molar-refractivity contribution in [1.29, 1.82) is 0 Å². The number of halogens is 3. The van der Waals surface area contributed by atoms with Gasteiger partial charge in [-0.2, -0.15) is 13.2 Å². The first-order chi connectivity index (χ1) is 13.4. The van der Waals surface area contributed by atoms with Crippen molar-refractivity contribution >= 4 is 23.1 Å². The molecular weight excluding hydrogens is 369 g/mol. The van der Waals surface area contributed by atoms with E-state index >= 15 is 0 Å². The highest BCUT2D eigenvalue weighted by atomic mass is 19.4. The summed E-state index contributed by atoms with van der Waals surface area (Å²) in [5.41, 5.74) is 1.52. The maximum Gasteiger partial charge on any atom is 0.416 e. The van der Waals surface area contributed by atoms with E-state index in [1.54, 1.807) is 0 Å². The van der Waals surface area contributed by atoms with Gasteiger partial charge < -0.3 is 10.6 Å². The van der Waals surface area contributed by atoms with Crippen molar-refractivity contribution in [2.45, 2.75) is 19.5 Å². The maximum absolute atomic E-state index is 12.6. The Labute approximate surface area is 159 Å². The molecule has 0 aliphatic rings. The van der Waals surface area contributed by atoms with E-state index in [1.807, 2.05) is 31.2 Å². The summed E-state index contributed by atoms with van der Waals surface area (Å²) >= 11 is 0. The molecule has 2 N–H and O–H groups in total. The molecule has 0 fully saturated rings. The second-order valence-corrected chi connectivity index (χ2v) is 5.95. The third-order valence-corrected chi connectivity index (χ3v) is 4.02. The van der Waals surface area contributed by atoms with E-state index in [-0.39, 0.29) is 11.4 Å². The second kappa shape index (κ2) is 8.08. The molecule has 0 saturated carbocycles. The van der Waals surface area contributed by atoms with Gasteiger partial charge in [-0.15, -0.1) is 0 Å². The molecule has 0 spiro atoms. The van der Waals surface area contributed by atoms with Crippen molar-refractivity contribution in [1.82, 2.24) is 9.97 Å². The van der Waals surface area contributed by atoms with Gasteiger partial charge in [0.25, 0.3) is 5.91 Å². The number of amides is 1. The van der Waals surface area contributed by atoms with Gasteiger partial charge in [-0.25, -0.2) is 9.97 Å². The summed E-state index contributed by atoms with van der Waals surface area (Å²) < 4.78 is 37.7. The van der Waals surface area contributed by atoms with Gasteiger partial charge in [0.2, 0.25) is 0 Å². The first-order valence-corrected chi connectivity index (χ1v) is 8.52. The van der Waals surface area contributed by atoms with Crippen molar-refractivity contribution in [3.05, 3.63) is 77.7 Å². The van der Waals surface area contributed by atoms with Crippen LogP contribution in [-0.2, 0) is 12.6 Å². The average molecular weight is 386 g/mol. The number of anilines is 3. The lowest BCUT2D eigenvalue weighted by molar-refractivity contribution is -0.137. The van der Waals surface area contributed by atoms with Crippen molar-refractivity contribution < 1.29 is 18.0 Å². The number of carbonyl (C=O) groups is 1. The molecule has 1 amide bonds. The van der Waals surface area contributed by atoms with E-state index in [2.05, 4.69) is 20.6 Å². The standard InChI is InChI=1S/C20H17F3N4O/c1-2-13-5-3-4-6-16(13)27-18-12-24-17(11-25-18)19(28)26-15-9-7-14(8-10-15)20(21,22)23/h3-12H,2H2,1H3,(H,25,27)(H,26,28). The third-order valence-electron chi connectivity index (χ3n) is 4.02. The molecular formula is C20H17F3N4O. The summed E-state index contributed by atoms with van der Waals surface area (Å²) in [4.78, 5) is 20.5. The Bertz CT molecular complexity index is 954. The van der Waals surface area contributed by atoms with Crippen LogP contribution in [-0.4, -0.2) is 15.9 Å². The molecule has 1 aromatic heterocycles. The maximum atomic E-state index is 12.6. The topological polar surface area (TPSA) is 66.9 Å². The second-order valence-electron chi connectivity index (χ2n) is 5.95. The van der Waals surface area contributed by atoms with Gasteiger partial charge in [0.15, 0.2) is 0 Å². The van der Waals surface area contributed by atoms with Crippen LogP contribution in [0, 0.1) is 0 Å². The van der Waals surface area contributed by atoms with Crippen molar-refractivity contribution in [3.8, 4) is 0 Å². The smallest absolute Gasteiger partial charge is 0.339 e. The Morgan fingerprint density at radius 2 is 1.71 bits per heavy atom. The fourth-order valence-corrected chi connectivity index (χ4v) is 2.54. The predicted molar refractivity (Wildman–Crippen MR) is 101 cm³/mol. The van der Waals surface area contributed by atoms with E-state index in [4.69, 9.17) is 0 Å². The molecule has 3 rings (SSSR count). The largest absolute Gasteiger partial charge is 0.416 e. The van der Waals surface area contributed by atoms with Crippen molar-refractivity contribution in [2.75, 3.05) is 10.6 Å². The molecule has 144 valence electrons. The van der Waals surface area contributed by atoms with Gasteiger partial charge in [-0.3, -0.25) is 4.79 Å². The Morgan fingerprint density at radius 1 is 1.00 bits per heavy atom. The number of nitrogens with one attached hydrogen (secondary N) is 2. The van der Waals surface area contributed by atoms with Crippen LogP contribution in [0.25, 0.3) is 0 Å². The number of para-hydroxylation sites is 1. The zero-order chi connectivity index (χ0) is 20.1. The summed E-state index contributed by atoms with van der Waals surface area (Å²) in [7, 11) is 0. The number of benzene rings is 2. The molecule has 0 unspecified atom stereocenters. The van der Waals surface area contributed by atoms with Crippen molar-refractivity contribution in [3.63, 3.8) is 0 Å². The average Bonchev–Trinajstić information content (AvgIpc) is 2.68. The van der Waals surface area contributed by atoms with E-state index in [9.17, 15) is 18.0 Å². The number of hydrogen-bond acceptors (Lipinski definition) is 4. The van der Waals surface area contributed by atoms with Crippen LogP contribution < -0.4 is 10.6 Å². The lowest BCUT2D eigenvalue weighted by Gasteiger charge is -2.10. The van der Waals surface area contributed by atoms with Crippen LogP contribution in [0.2, 0.25) is 0 Å². The molecule has 3 aromatic rings.